The maximum absolute atomic E-state index is 6.76. The van der Waals surface area contributed by atoms with E-state index in [1.807, 2.05) is 37.3 Å². The largest absolute Gasteiger partial charge is 0.455 e. The minimum atomic E-state index is -0.565. The number of aliphatic imine (C=N–C) groups is 1. The van der Waals surface area contributed by atoms with Crippen molar-refractivity contribution in [2.45, 2.75) is 19.3 Å². The summed E-state index contributed by atoms with van der Waals surface area (Å²) in [5, 5.41) is 1.09. The third kappa shape index (κ3) is 5.29. The minimum absolute atomic E-state index is 0.565. The molecule has 2 heteroatoms. The molecule has 10 rings (SSSR count). The van der Waals surface area contributed by atoms with Gasteiger partial charge in [-0.25, -0.2) is 0 Å². The van der Waals surface area contributed by atoms with E-state index in [1.54, 1.807) is 0 Å². The number of fused-ring (bicyclic) bond motifs is 12. The lowest BCUT2D eigenvalue weighted by atomic mass is 9.68. The van der Waals surface area contributed by atoms with Crippen LogP contribution in [0.1, 0.15) is 64.1 Å². The zero-order valence-corrected chi connectivity index (χ0v) is 32.7. The molecule has 0 bridgehead atoms. The number of hydrogen-bond acceptors (Lipinski definition) is 2. The molecular weight excluding hydrogens is 703 g/mol. The van der Waals surface area contributed by atoms with Crippen LogP contribution in [-0.2, 0) is 5.41 Å². The molecule has 0 saturated heterocycles. The highest BCUT2D eigenvalue weighted by Crippen LogP contribution is 2.65. The van der Waals surface area contributed by atoms with E-state index in [2.05, 4.69) is 178 Å². The summed E-state index contributed by atoms with van der Waals surface area (Å²) in [6.07, 6.45) is 8.11. The average molecular weight is 744 g/mol. The minimum Gasteiger partial charge on any atom is -0.455 e. The molecule has 0 saturated carbocycles. The fourth-order valence-electron chi connectivity index (χ4n) is 9.45. The van der Waals surface area contributed by atoms with Crippen molar-refractivity contribution in [2.75, 3.05) is 0 Å². The Morgan fingerprint density at radius 3 is 1.98 bits per heavy atom. The first-order chi connectivity index (χ1) is 28.5. The Bertz CT molecular complexity index is 3050. The van der Waals surface area contributed by atoms with Crippen LogP contribution in [0.5, 0.6) is 0 Å². The first-order valence-corrected chi connectivity index (χ1v) is 19.9. The summed E-state index contributed by atoms with van der Waals surface area (Å²) in [6.45, 7) is 12.7. The first kappa shape index (κ1) is 35.1. The molecule has 1 atom stereocenters. The number of furan rings is 1. The molecule has 276 valence electrons. The average Bonchev–Trinajstić information content (AvgIpc) is 3.90. The zero-order chi connectivity index (χ0) is 39.4. The van der Waals surface area contributed by atoms with E-state index in [0.29, 0.717) is 0 Å². The van der Waals surface area contributed by atoms with Gasteiger partial charge in [-0.1, -0.05) is 183 Å². The second-order valence-electron chi connectivity index (χ2n) is 15.1. The van der Waals surface area contributed by atoms with Gasteiger partial charge in [0.25, 0.3) is 0 Å². The Morgan fingerprint density at radius 2 is 1.24 bits per heavy atom. The molecule has 1 spiro atoms. The lowest BCUT2D eigenvalue weighted by Crippen LogP contribution is -2.26. The first-order valence-electron chi connectivity index (χ1n) is 19.9. The van der Waals surface area contributed by atoms with Crippen molar-refractivity contribution in [2.24, 2.45) is 4.99 Å². The fraction of sp³-hybridized carbons (Fsp3) is 0.0536. The highest BCUT2D eigenvalue weighted by molar-refractivity contribution is 6.08. The van der Waals surface area contributed by atoms with Crippen molar-refractivity contribution >= 4 is 40.1 Å². The standard InChI is InChI=1S/C56H41NO/c1-5-19-44-46-32-33-50-53(55(46)58-52(44)6-2)47-27-14-16-31-49(47)56(50)48-30-15-13-26-43(48)45-29-18-28-42(54(45)56)41-25-17-24-40(35-41)37(4)57-51(39-22-11-8-12-23-39)34-36(3)38-20-9-7-10-21-38/h5-35H,2-3H2,1,4H3/b19-5-,51-34-,57-37?. The van der Waals surface area contributed by atoms with Crippen molar-refractivity contribution in [1.29, 1.82) is 0 Å². The molecule has 7 aromatic carbocycles. The molecule has 0 fully saturated rings. The van der Waals surface area contributed by atoms with Gasteiger partial charge in [-0.05, 0) is 98.8 Å². The molecule has 8 aromatic rings. The van der Waals surface area contributed by atoms with Gasteiger partial charge >= 0.3 is 0 Å². The Morgan fingerprint density at radius 1 is 0.621 bits per heavy atom. The number of rotatable bonds is 8. The zero-order valence-electron chi connectivity index (χ0n) is 32.7. The SMILES string of the molecule is C=Cc1oc2c3c(ccc2c1/C=C\C)C1(c2ccccc2-c2cccc(-c4cccc(C(C)=N/C(=C\C(=C)c5ccccc5)c5ccccc5)c4)c21)c1ccccc1-3. The Kier molecular flexibility index (Phi) is 8.50. The van der Waals surface area contributed by atoms with E-state index in [1.165, 1.54) is 44.5 Å². The van der Waals surface area contributed by atoms with Crippen LogP contribution in [-0.4, -0.2) is 5.71 Å². The monoisotopic (exact) mass is 743 g/mol. The summed E-state index contributed by atoms with van der Waals surface area (Å²) < 4.78 is 6.76. The maximum Gasteiger partial charge on any atom is 0.143 e. The van der Waals surface area contributed by atoms with Crippen LogP contribution in [0.4, 0.5) is 0 Å². The summed E-state index contributed by atoms with van der Waals surface area (Å²) >= 11 is 0. The number of allylic oxidation sites excluding steroid dienone is 3. The summed E-state index contributed by atoms with van der Waals surface area (Å²) in [5.41, 5.74) is 19.6. The second kappa shape index (κ2) is 14.0. The van der Waals surface area contributed by atoms with Gasteiger partial charge in [0.1, 0.15) is 11.3 Å². The van der Waals surface area contributed by atoms with Crippen molar-refractivity contribution in [3.63, 3.8) is 0 Å². The number of nitrogens with zero attached hydrogens (tertiary/aromatic N) is 1. The van der Waals surface area contributed by atoms with Crippen molar-refractivity contribution in [3.05, 3.63) is 239 Å². The van der Waals surface area contributed by atoms with E-state index >= 15 is 0 Å². The highest BCUT2D eigenvalue weighted by Gasteiger charge is 2.53. The van der Waals surface area contributed by atoms with Gasteiger partial charge in [-0.15, -0.1) is 0 Å². The van der Waals surface area contributed by atoms with Gasteiger partial charge in [0.15, 0.2) is 0 Å². The van der Waals surface area contributed by atoms with Gasteiger partial charge in [0.2, 0.25) is 0 Å². The Labute approximate surface area is 340 Å². The summed E-state index contributed by atoms with van der Waals surface area (Å²) in [5.74, 6) is 0.788. The molecule has 1 unspecified atom stereocenters. The fourth-order valence-corrected chi connectivity index (χ4v) is 9.45. The molecule has 2 aliphatic carbocycles. The molecule has 2 nitrogen and oxygen atoms in total. The lowest BCUT2D eigenvalue weighted by Gasteiger charge is -2.32. The second-order valence-corrected chi connectivity index (χ2v) is 15.1. The van der Waals surface area contributed by atoms with Gasteiger partial charge in [-0.3, -0.25) is 4.99 Å². The predicted molar refractivity (Wildman–Crippen MR) is 245 cm³/mol. The van der Waals surface area contributed by atoms with Crippen molar-refractivity contribution < 1.29 is 4.42 Å². The van der Waals surface area contributed by atoms with Crippen LogP contribution in [0, 0.1) is 0 Å². The van der Waals surface area contributed by atoms with E-state index in [0.717, 1.165) is 67.1 Å². The smallest absolute Gasteiger partial charge is 0.143 e. The molecular formula is C56H41NO. The molecule has 2 aliphatic rings. The molecule has 0 N–H and O–H groups in total. The van der Waals surface area contributed by atoms with E-state index < -0.39 is 5.41 Å². The van der Waals surface area contributed by atoms with Crippen molar-refractivity contribution in [1.82, 2.24) is 0 Å². The van der Waals surface area contributed by atoms with Crippen LogP contribution in [0.15, 0.2) is 199 Å². The van der Waals surface area contributed by atoms with E-state index in [9.17, 15) is 0 Å². The van der Waals surface area contributed by atoms with Crippen LogP contribution >= 0.6 is 0 Å². The van der Waals surface area contributed by atoms with Gasteiger partial charge in [0, 0.05) is 27.8 Å². The Balaban J connectivity index is 1.18. The third-order valence-corrected chi connectivity index (χ3v) is 11.9. The van der Waals surface area contributed by atoms with Gasteiger partial charge in [-0.2, -0.15) is 0 Å². The molecule has 1 aromatic heterocycles. The number of benzene rings is 7. The van der Waals surface area contributed by atoms with E-state index in [4.69, 9.17) is 9.41 Å². The summed E-state index contributed by atoms with van der Waals surface area (Å²) in [4.78, 5) is 5.31. The van der Waals surface area contributed by atoms with Crippen LogP contribution in [0.25, 0.3) is 67.8 Å². The van der Waals surface area contributed by atoms with Crippen molar-refractivity contribution in [3.8, 4) is 33.4 Å². The Hall–Kier alpha value is -7.29. The third-order valence-electron chi connectivity index (χ3n) is 11.9. The summed E-state index contributed by atoms with van der Waals surface area (Å²) in [6, 6.07) is 58.8. The van der Waals surface area contributed by atoms with Crippen LogP contribution in [0.2, 0.25) is 0 Å². The van der Waals surface area contributed by atoms with Crippen LogP contribution in [0.3, 0.4) is 0 Å². The quantitative estimate of drug-likeness (QED) is 0.112. The topological polar surface area (TPSA) is 25.5 Å². The molecule has 0 aliphatic heterocycles. The molecule has 0 amide bonds. The van der Waals surface area contributed by atoms with Crippen LogP contribution < -0.4 is 0 Å². The molecule has 1 heterocycles. The lowest BCUT2D eigenvalue weighted by molar-refractivity contribution is 0.604. The number of hydrogen-bond donors (Lipinski definition) is 0. The van der Waals surface area contributed by atoms with Gasteiger partial charge in [0.05, 0.1) is 11.1 Å². The maximum atomic E-state index is 6.76. The predicted octanol–water partition coefficient (Wildman–Crippen LogP) is 14.7. The summed E-state index contributed by atoms with van der Waals surface area (Å²) in [7, 11) is 0. The van der Waals surface area contributed by atoms with E-state index in [-0.39, 0.29) is 0 Å². The molecule has 58 heavy (non-hydrogen) atoms. The highest BCUT2D eigenvalue weighted by atomic mass is 16.3. The molecule has 0 radical (unpaired) electrons. The normalized spacial score (nSPS) is 15.4. The van der Waals surface area contributed by atoms with Gasteiger partial charge < -0.3 is 4.42 Å².